The van der Waals surface area contributed by atoms with Gasteiger partial charge in [0.05, 0.1) is 7.11 Å². The number of carboxylic acid groups (broad SMARTS) is 1. The molecule has 0 unspecified atom stereocenters. The first kappa shape index (κ1) is 16.0. The number of aryl methyl sites for hydroxylation is 1. The van der Waals surface area contributed by atoms with Crippen LogP contribution in [0, 0.1) is 0 Å². The molecule has 1 aromatic rings. The third-order valence-corrected chi connectivity index (χ3v) is 3.39. The van der Waals surface area contributed by atoms with Crippen molar-refractivity contribution in [2.45, 2.75) is 19.8 Å². The van der Waals surface area contributed by atoms with Crippen molar-refractivity contribution in [1.82, 2.24) is 5.32 Å². The van der Waals surface area contributed by atoms with Crippen LogP contribution >= 0.6 is 11.3 Å². The molecule has 2 N–H and O–H groups in total. The van der Waals surface area contributed by atoms with Crippen molar-refractivity contribution in [2.75, 3.05) is 13.7 Å². The molecule has 0 atom stereocenters. The molecule has 1 heterocycles. The zero-order valence-electron chi connectivity index (χ0n) is 11.1. The van der Waals surface area contributed by atoms with Crippen LogP contribution in [0.2, 0.25) is 0 Å². The lowest BCUT2D eigenvalue weighted by Gasteiger charge is -2.05. The van der Waals surface area contributed by atoms with E-state index in [1.807, 2.05) is 12.2 Å². The summed E-state index contributed by atoms with van der Waals surface area (Å²) in [6.45, 7) is 1.52. The van der Waals surface area contributed by atoms with Crippen LogP contribution in [0.15, 0.2) is 6.07 Å². The normalized spacial score (nSPS) is 9.90. The minimum Gasteiger partial charge on any atom is -0.482 e. The quantitative estimate of drug-likeness (QED) is 0.828. The highest BCUT2D eigenvalue weighted by Crippen LogP contribution is 2.30. The number of rotatable bonds is 6. The predicted octanol–water partition coefficient (Wildman–Crippen LogP) is 1.66. The SMILES string of the molecule is CCCc1cc(OCC(=O)NC(=O)OC)c(C(=O)O)s1. The highest BCUT2D eigenvalue weighted by molar-refractivity contribution is 7.14. The third kappa shape index (κ3) is 4.54. The van der Waals surface area contributed by atoms with Crippen molar-refractivity contribution in [3.8, 4) is 5.75 Å². The summed E-state index contributed by atoms with van der Waals surface area (Å²) in [5.74, 6) is -1.69. The van der Waals surface area contributed by atoms with E-state index in [9.17, 15) is 14.4 Å². The molecule has 0 radical (unpaired) electrons. The number of thiophene rings is 1. The number of imide groups is 1. The maximum absolute atomic E-state index is 11.3. The van der Waals surface area contributed by atoms with Gasteiger partial charge in [0.15, 0.2) is 11.5 Å². The van der Waals surface area contributed by atoms with Gasteiger partial charge in [0.1, 0.15) is 5.75 Å². The van der Waals surface area contributed by atoms with E-state index < -0.39 is 24.6 Å². The molecular formula is C12H15NO6S. The van der Waals surface area contributed by atoms with Crippen LogP contribution in [-0.2, 0) is 16.0 Å². The minimum absolute atomic E-state index is 0.0410. The fourth-order valence-corrected chi connectivity index (χ4v) is 2.43. The Morgan fingerprint density at radius 1 is 1.40 bits per heavy atom. The lowest BCUT2D eigenvalue weighted by Crippen LogP contribution is -2.34. The summed E-state index contributed by atoms with van der Waals surface area (Å²) in [7, 11) is 1.13. The van der Waals surface area contributed by atoms with E-state index in [4.69, 9.17) is 9.84 Å². The molecule has 0 spiro atoms. The molecule has 0 aliphatic rings. The molecule has 0 fully saturated rings. The van der Waals surface area contributed by atoms with Crippen LogP contribution in [0.4, 0.5) is 4.79 Å². The fraction of sp³-hybridized carbons (Fsp3) is 0.417. The van der Waals surface area contributed by atoms with Gasteiger partial charge in [-0.05, 0) is 12.5 Å². The van der Waals surface area contributed by atoms with Crippen molar-refractivity contribution >= 4 is 29.3 Å². The standard InChI is InChI=1S/C12H15NO6S/c1-3-4-7-5-8(10(20-7)11(15)16)19-6-9(14)13-12(17)18-2/h5H,3-4,6H2,1-2H3,(H,15,16)(H,13,14,17). The first-order chi connectivity index (χ1) is 9.47. The van der Waals surface area contributed by atoms with E-state index >= 15 is 0 Å². The van der Waals surface area contributed by atoms with Gasteiger partial charge in [-0.1, -0.05) is 13.3 Å². The number of ether oxygens (including phenoxy) is 2. The molecule has 0 aliphatic heterocycles. The van der Waals surface area contributed by atoms with Crippen molar-refractivity contribution in [2.24, 2.45) is 0 Å². The van der Waals surface area contributed by atoms with Gasteiger partial charge in [-0.25, -0.2) is 9.59 Å². The number of carbonyl (C=O) groups is 3. The van der Waals surface area contributed by atoms with Crippen LogP contribution in [-0.4, -0.2) is 36.8 Å². The maximum Gasteiger partial charge on any atom is 0.413 e. The molecule has 7 nitrogen and oxygen atoms in total. The van der Waals surface area contributed by atoms with Gasteiger partial charge in [0.25, 0.3) is 5.91 Å². The van der Waals surface area contributed by atoms with Gasteiger partial charge in [-0.3, -0.25) is 10.1 Å². The second-order valence-electron chi connectivity index (χ2n) is 3.79. The average molecular weight is 301 g/mol. The van der Waals surface area contributed by atoms with Crippen molar-refractivity contribution in [3.05, 3.63) is 15.8 Å². The number of amides is 2. The first-order valence-corrected chi connectivity index (χ1v) is 6.66. The molecule has 0 saturated carbocycles. The van der Waals surface area contributed by atoms with E-state index in [-0.39, 0.29) is 10.6 Å². The van der Waals surface area contributed by atoms with Crippen LogP contribution in [0.25, 0.3) is 0 Å². The summed E-state index contributed by atoms with van der Waals surface area (Å²) in [5, 5.41) is 11.0. The maximum atomic E-state index is 11.3. The Balaban J connectivity index is 2.68. The van der Waals surface area contributed by atoms with Crippen LogP contribution in [0.5, 0.6) is 5.75 Å². The van der Waals surface area contributed by atoms with Gasteiger partial charge < -0.3 is 14.6 Å². The first-order valence-electron chi connectivity index (χ1n) is 5.84. The second kappa shape index (κ2) is 7.49. The number of aromatic carboxylic acids is 1. The van der Waals surface area contributed by atoms with E-state index in [0.717, 1.165) is 36.2 Å². The number of methoxy groups -OCH3 is 1. The highest BCUT2D eigenvalue weighted by atomic mass is 32.1. The molecule has 8 heteroatoms. The molecule has 2 amide bonds. The number of hydrogen-bond acceptors (Lipinski definition) is 6. The topological polar surface area (TPSA) is 102 Å². The Bertz CT molecular complexity index is 510. The number of hydrogen-bond donors (Lipinski definition) is 2. The Labute approximate surface area is 119 Å². The zero-order valence-corrected chi connectivity index (χ0v) is 11.9. The molecule has 1 rings (SSSR count). The van der Waals surface area contributed by atoms with Crippen molar-refractivity contribution in [1.29, 1.82) is 0 Å². The Morgan fingerprint density at radius 2 is 2.10 bits per heavy atom. The van der Waals surface area contributed by atoms with Gasteiger partial charge in [0.2, 0.25) is 0 Å². The summed E-state index contributed by atoms with van der Waals surface area (Å²) in [6.07, 6.45) is 0.721. The summed E-state index contributed by atoms with van der Waals surface area (Å²) < 4.78 is 9.39. The zero-order chi connectivity index (χ0) is 15.1. The van der Waals surface area contributed by atoms with E-state index in [1.165, 1.54) is 0 Å². The van der Waals surface area contributed by atoms with Crippen LogP contribution in [0.1, 0.15) is 27.9 Å². The number of alkyl carbamates (subject to hydrolysis) is 1. The van der Waals surface area contributed by atoms with E-state index in [2.05, 4.69) is 4.74 Å². The van der Waals surface area contributed by atoms with E-state index in [0.29, 0.717) is 0 Å². The molecule has 20 heavy (non-hydrogen) atoms. The molecule has 110 valence electrons. The molecule has 0 bridgehead atoms. The summed E-state index contributed by atoms with van der Waals surface area (Å²) >= 11 is 1.11. The smallest absolute Gasteiger partial charge is 0.413 e. The molecule has 1 aromatic heterocycles. The second-order valence-corrected chi connectivity index (χ2v) is 4.93. The molecule has 0 saturated heterocycles. The monoisotopic (exact) mass is 301 g/mol. The Hall–Kier alpha value is -2.09. The molecule has 0 aliphatic carbocycles. The fourth-order valence-electron chi connectivity index (χ4n) is 1.39. The Kier molecular flexibility index (Phi) is 5.98. The number of nitrogens with one attached hydrogen (secondary N) is 1. The average Bonchev–Trinajstić information content (AvgIpc) is 2.80. The van der Waals surface area contributed by atoms with Crippen LogP contribution in [0.3, 0.4) is 0 Å². The van der Waals surface area contributed by atoms with Crippen molar-refractivity contribution in [3.63, 3.8) is 0 Å². The highest BCUT2D eigenvalue weighted by Gasteiger charge is 2.18. The van der Waals surface area contributed by atoms with Gasteiger partial charge in [-0.15, -0.1) is 11.3 Å². The number of carboxylic acids is 1. The largest absolute Gasteiger partial charge is 0.482 e. The number of carbonyl (C=O) groups excluding carboxylic acids is 2. The van der Waals surface area contributed by atoms with E-state index in [1.54, 1.807) is 6.07 Å². The lowest BCUT2D eigenvalue weighted by molar-refractivity contribution is -0.122. The lowest BCUT2D eigenvalue weighted by atomic mass is 10.3. The van der Waals surface area contributed by atoms with Gasteiger partial charge in [-0.2, -0.15) is 0 Å². The molecular weight excluding hydrogens is 286 g/mol. The van der Waals surface area contributed by atoms with Gasteiger partial charge in [0, 0.05) is 4.88 Å². The third-order valence-electron chi connectivity index (χ3n) is 2.23. The predicted molar refractivity (Wildman–Crippen MR) is 71.3 cm³/mol. The summed E-state index contributed by atoms with van der Waals surface area (Å²) in [4.78, 5) is 34.1. The van der Waals surface area contributed by atoms with Crippen molar-refractivity contribution < 1.29 is 29.0 Å². The minimum atomic E-state index is -1.11. The van der Waals surface area contributed by atoms with Gasteiger partial charge >= 0.3 is 12.1 Å². The van der Waals surface area contributed by atoms with Crippen LogP contribution < -0.4 is 10.1 Å². The molecule has 0 aromatic carbocycles. The summed E-state index contributed by atoms with van der Waals surface area (Å²) in [5.41, 5.74) is 0. The Morgan fingerprint density at radius 3 is 2.65 bits per heavy atom. The summed E-state index contributed by atoms with van der Waals surface area (Å²) in [6, 6.07) is 1.60.